The molecule has 0 bridgehead atoms. The maximum Gasteiger partial charge on any atom is 0.258 e. The normalized spacial score (nSPS) is 11.8. The average Bonchev–Trinajstić information content (AvgIpc) is 2.81. The molecule has 3 aromatic carbocycles. The van der Waals surface area contributed by atoms with Crippen molar-refractivity contribution < 1.29 is 24.2 Å². The fourth-order valence-electron chi connectivity index (χ4n) is 3.27. The van der Waals surface area contributed by atoms with Gasteiger partial charge >= 0.3 is 0 Å². The van der Waals surface area contributed by atoms with Crippen LogP contribution >= 0.6 is 0 Å². The number of ether oxygens (including phenoxy) is 1. The third-order valence-corrected chi connectivity index (χ3v) is 4.89. The fraction of sp³-hybridized carbons (Fsp3) is 0.120. The summed E-state index contributed by atoms with van der Waals surface area (Å²) in [6.45, 7) is -0.306. The summed E-state index contributed by atoms with van der Waals surface area (Å²) in [7, 11) is 0. The molecule has 4 aromatic rings. The van der Waals surface area contributed by atoms with Crippen LogP contribution in [0.4, 0.5) is 0 Å². The van der Waals surface area contributed by atoms with Crippen molar-refractivity contribution >= 4 is 16.9 Å². The van der Waals surface area contributed by atoms with Crippen LogP contribution in [0.3, 0.4) is 0 Å². The number of nitrogens with one attached hydrogen (secondary N) is 1. The van der Waals surface area contributed by atoms with Gasteiger partial charge < -0.3 is 24.7 Å². The molecule has 1 aromatic heterocycles. The molecule has 162 valence electrons. The lowest BCUT2D eigenvalue weighted by Crippen LogP contribution is -2.32. The van der Waals surface area contributed by atoms with Gasteiger partial charge in [0.05, 0.1) is 6.10 Å². The van der Waals surface area contributed by atoms with Crippen molar-refractivity contribution in [2.45, 2.75) is 6.10 Å². The zero-order chi connectivity index (χ0) is 22.5. The summed E-state index contributed by atoms with van der Waals surface area (Å²) in [5, 5.41) is 23.0. The number of phenols is 1. The van der Waals surface area contributed by atoms with Crippen molar-refractivity contribution in [1.82, 2.24) is 5.32 Å². The van der Waals surface area contributed by atoms with Crippen molar-refractivity contribution in [3.05, 3.63) is 94.6 Å². The lowest BCUT2D eigenvalue weighted by molar-refractivity contribution is -0.123. The van der Waals surface area contributed by atoms with Gasteiger partial charge in [-0.15, -0.1) is 0 Å². The molecule has 1 heterocycles. The smallest absolute Gasteiger partial charge is 0.258 e. The maximum absolute atomic E-state index is 12.5. The molecule has 0 unspecified atom stereocenters. The van der Waals surface area contributed by atoms with Crippen LogP contribution in [0, 0.1) is 0 Å². The Kier molecular flexibility index (Phi) is 6.19. The first kappa shape index (κ1) is 21.1. The lowest BCUT2D eigenvalue weighted by atomic mass is 10.1. The number of aliphatic hydroxyl groups excluding tert-OH is 1. The van der Waals surface area contributed by atoms with Crippen molar-refractivity contribution in [2.24, 2.45) is 0 Å². The van der Waals surface area contributed by atoms with Crippen LogP contribution in [0.25, 0.3) is 22.3 Å². The highest BCUT2D eigenvalue weighted by atomic mass is 16.5. The Hall–Kier alpha value is -4.10. The first-order valence-electron chi connectivity index (χ1n) is 10.00. The van der Waals surface area contributed by atoms with E-state index in [4.69, 9.17) is 9.15 Å². The van der Waals surface area contributed by atoms with Crippen molar-refractivity contribution in [3.63, 3.8) is 0 Å². The molecule has 7 nitrogen and oxygen atoms in total. The van der Waals surface area contributed by atoms with E-state index in [0.717, 1.165) is 0 Å². The molecule has 32 heavy (non-hydrogen) atoms. The number of carbonyl (C=O) groups excluding carboxylic acids is 1. The number of aliphatic hydroxyl groups is 1. The maximum atomic E-state index is 12.5. The van der Waals surface area contributed by atoms with E-state index in [1.165, 1.54) is 18.2 Å². The Labute approximate surface area is 183 Å². The number of hydrogen-bond acceptors (Lipinski definition) is 6. The molecule has 0 saturated carbocycles. The molecule has 3 N–H and O–H groups in total. The van der Waals surface area contributed by atoms with Crippen LogP contribution in [-0.4, -0.2) is 29.3 Å². The molecule has 0 spiro atoms. The highest BCUT2D eigenvalue weighted by molar-refractivity contribution is 5.86. The van der Waals surface area contributed by atoms with Gasteiger partial charge in [-0.3, -0.25) is 9.59 Å². The summed E-state index contributed by atoms with van der Waals surface area (Å²) in [4.78, 5) is 24.6. The Bertz CT molecular complexity index is 1280. The van der Waals surface area contributed by atoms with E-state index in [1.54, 1.807) is 36.4 Å². The van der Waals surface area contributed by atoms with E-state index in [-0.39, 0.29) is 41.0 Å². The van der Waals surface area contributed by atoms with Crippen LogP contribution in [0.5, 0.6) is 11.5 Å². The van der Waals surface area contributed by atoms with Crippen molar-refractivity contribution in [3.8, 4) is 22.8 Å². The number of carbonyl (C=O) groups is 1. The number of benzene rings is 3. The minimum absolute atomic E-state index is 0.0322. The number of fused-ring (bicyclic) bond motifs is 1. The van der Waals surface area contributed by atoms with E-state index < -0.39 is 12.0 Å². The molecule has 1 amide bonds. The van der Waals surface area contributed by atoms with Gasteiger partial charge in [-0.05, 0) is 5.56 Å². The largest absolute Gasteiger partial charge is 0.507 e. The quantitative estimate of drug-likeness (QED) is 0.414. The minimum Gasteiger partial charge on any atom is -0.507 e. The second kappa shape index (κ2) is 9.36. The summed E-state index contributed by atoms with van der Waals surface area (Å²) in [5.74, 6) is -0.223. The van der Waals surface area contributed by atoms with Crippen LogP contribution < -0.4 is 15.5 Å². The average molecular weight is 431 g/mol. The van der Waals surface area contributed by atoms with Crippen LogP contribution in [-0.2, 0) is 4.79 Å². The molecule has 0 aliphatic carbocycles. The summed E-state index contributed by atoms with van der Waals surface area (Å²) >= 11 is 0. The Morgan fingerprint density at radius 2 is 1.69 bits per heavy atom. The van der Waals surface area contributed by atoms with Crippen LogP contribution in [0.1, 0.15) is 11.7 Å². The lowest BCUT2D eigenvalue weighted by Gasteiger charge is -2.13. The number of amides is 1. The molecule has 4 rings (SSSR count). The van der Waals surface area contributed by atoms with E-state index in [1.807, 2.05) is 24.3 Å². The SMILES string of the molecule is O=C(COc1cc(O)c2c(=O)cc(-c3ccccc3)oc2c1)NC[C@@H](O)c1ccccc1. The number of phenolic OH excluding ortho intramolecular Hbond substituents is 1. The number of aromatic hydroxyl groups is 1. The van der Waals surface area contributed by atoms with Crippen molar-refractivity contribution in [1.29, 1.82) is 0 Å². The zero-order valence-corrected chi connectivity index (χ0v) is 17.0. The summed E-state index contributed by atoms with van der Waals surface area (Å²) in [6, 6.07) is 22.1. The monoisotopic (exact) mass is 431 g/mol. The molecular formula is C25H21NO6. The van der Waals surface area contributed by atoms with E-state index in [2.05, 4.69) is 5.32 Å². The highest BCUT2D eigenvalue weighted by Crippen LogP contribution is 2.31. The molecule has 1 atom stereocenters. The van der Waals surface area contributed by atoms with Gasteiger partial charge in [0.25, 0.3) is 5.91 Å². The third kappa shape index (κ3) is 4.79. The predicted octanol–water partition coefficient (Wildman–Crippen LogP) is 3.39. The molecule has 0 aliphatic heterocycles. The van der Waals surface area contributed by atoms with Gasteiger partial charge in [0.1, 0.15) is 28.2 Å². The number of hydrogen-bond donors (Lipinski definition) is 3. The molecule has 0 aliphatic rings. The zero-order valence-electron chi connectivity index (χ0n) is 17.0. The topological polar surface area (TPSA) is 109 Å². The van der Waals surface area contributed by atoms with Crippen LogP contribution in [0.2, 0.25) is 0 Å². The van der Waals surface area contributed by atoms with Crippen molar-refractivity contribution in [2.75, 3.05) is 13.2 Å². The van der Waals surface area contributed by atoms with Crippen LogP contribution in [0.15, 0.2) is 88.1 Å². The Morgan fingerprint density at radius 3 is 2.41 bits per heavy atom. The standard InChI is InChI=1S/C25H21NO6/c27-19-11-18(31-15-24(30)26-14-21(29)16-7-3-1-4-8-16)12-23-25(19)20(28)13-22(32-23)17-9-5-2-6-10-17/h1-13,21,27,29H,14-15H2,(H,26,30)/t21-/m1/s1. The van der Waals surface area contributed by atoms with Gasteiger partial charge in [-0.1, -0.05) is 60.7 Å². The third-order valence-electron chi connectivity index (χ3n) is 4.89. The predicted molar refractivity (Wildman–Crippen MR) is 119 cm³/mol. The summed E-state index contributed by atoms with van der Waals surface area (Å²) in [6.07, 6.45) is -0.837. The van der Waals surface area contributed by atoms with E-state index in [0.29, 0.717) is 16.9 Å². The molecule has 0 saturated heterocycles. The molecule has 7 heteroatoms. The van der Waals surface area contributed by atoms with Gasteiger partial charge in [0.15, 0.2) is 12.0 Å². The second-order valence-corrected chi connectivity index (χ2v) is 7.18. The fourth-order valence-corrected chi connectivity index (χ4v) is 3.27. The first-order valence-corrected chi connectivity index (χ1v) is 10.00. The minimum atomic E-state index is -0.837. The Balaban J connectivity index is 1.46. The number of rotatable bonds is 7. The second-order valence-electron chi connectivity index (χ2n) is 7.18. The van der Waals surface area contributed by atoms with E-state index in [9.17, 15) is 19.8 Å². The summed E-state index contributed by atoms with van der Waals surface area (Å²) in [5.41, 5.74) is 1.17. The van der Waals surface area contributed by atoms with Gasteiger partial charge in [0.2, 0.25) is 0 Å². The highest BCUT2D eigenvalue weighted by Gasteiger charge is 2.14. The van der Waals surface area contributed by atoms with Gasteiger partial charge in [-0.2, -0.15) is 0 Å². The first-order chi connectivity index (χ1) is 15.5. The Morgan fingerprint density at radius 1 is 1.00 bits per heavy atom. The summed E-state index contributed by atoms with van der Waals surface area (Å²) < 4.78 is 11.3. The van der Waals surface area contributed by atoms with Gasteiger partial charge in [0, 0.05) is 30.3 Å². The molecule has 0 fully saturated rings. The van der Waals surface area contributed by atoms with Gasteiger partial charge in [-0.25, -0.2) is 0 Å². The van der Waals surface area contributed by atoms with E-state index >= 15 is 0 Å². The molecule has 0 radical (unpaired) electrons. The molecular weight excluding hydrogens is 410 g/mol.